The molecule has 7 heteroatoms. The van der Waals surface area contributed by atoms with Gasteiger partial charge in [0.05, 0.1) is 6.61 Å². The van der Waals surface area contributed by atoms with E-state index in [1.54, 1.807) is 24.4 Å². The number of esters is 1. The number of pyridine rings is 1. The molecule has 7 nitrogen and oxygen atoms in total. The third-order valence-corrected chi connectivity index (χ3v) is 4.13. The van der Waals surface area contributed by atoms with Gasteiger partial charge >= 0.3 is 5.97 Å². The predicted molar refractivity (Wildman–Crippen MR) is 85.5 cm³/mol. The fourth-order valence-electron chi connectivity index (χ4n) is 2.81. The Morgan fingerprint density at radius 3 is 2.67 bits per heavy atom. The molecular weight excluding hydrogens is 310 g/mol. The van der Waals surface area contributed by atoms with Gasteiger partial charge in [0.1, 0.15) is 5.69 Å². The highest BCUT2D eigenvalue weighted by Crippen LogP contribution is 2.29. The zero-order chi connectivity index (χ0) is 16.9. The van der Waals surface area contributed by atoms with Crippen LogP contribution in [0.5, 0.6) is 11.6 Å². The van der Waals surface area contributed by atoms with E-state index in [4.69, 9.17) is 4.74 Å². The van der Waals surface area contributed by atoms with Crippen molar-refractivity contribution in [2.45, 2.75) is 32.1 Å². The molecule has 2 aromatic heterocycles. The second-order valence-electron chi connectivity index (χ2n) is 5.89. The molecule has 0 unspecified atom stereocenters. The van der Waals surface area contributed by atoms with E-state index >= 15 is 0 Å². The number of carbonyl (C=O) groups excluding carboxylic acids is 1. The van der Waals surface area contributed by atoms with Gasteiger partial charge in [-0.2, -0.15) is 4.98 Å². The summed E-state index contributed by atoms with van der Waals surface area (Å²) in [6.45, 7) is 0.294. The molecule has 24 heavy (non-hydrogen) atoms. The van der Waals surface area contributed by atoms with Gasteiger partial charge in [-0.3, -0.25) is 4.98 Å². The quantitative estimate of drug-likeness (QED) is 0.831. The molecule has 0 spiro atoms. The first-order valence-electron chi connectivity index (χ1n) is 8.03. The lowest BCUT2D eigenvalue weighted by atomic mass is 9.90. The summed E-state index contributed by atoms with van der Waals surface area (Å²) in [6.07, 6.45) is 7.13. The Morgan fingerprint density at radius 1 is 1.17 bits per heavy atom. The summed E-state index contributed by atoms with van der Waals surface area (Å²) in [4.78, 5) is 24.1. The Bertz CT molecular complexity index is 715. The number of hydrogen-bond donors (Lipinski definition) is 2. The van der Waals surface area contributed by atoms with Gasteiger partial charge in [0.15, 0.2) is 11.5 Å². The molecule has 0 aliphatic heterocycles. The Kier molecular flexibility index (Phi) is 4.88. The van der Waals surface area contributed by atoms with Crippen molar-refractivity contribution in [3.05, 3.63) is 30.1 Å². The zero-order valence-electron chi connectivity index (χ0n) is 13.2. The summed E-state index contributed by atoms with van der Waals surface area (Å²) in [7, 11) is 0. The van der Waals surface area contributed by atoms with Crippen molar-refractivity contribution in [1.82, 2.24) is 15.0 Å². The molecule has 0 bridgehead atoms. The summed E-state index contributed by atoms with van der Waals surface area (Å²) in [5, 5.41) is 19.7. The lowest BCUT2D eigenvalue weighted by molar-refractivity contribution is 0.0399. The van der Waals surface area contributed by atoms with Crippen LogP contribution >= 0.6 is 0 Å². The fourth-order valence-corrected chi connectivity index (χ4v) is 2.81. The van der Waals surface area contributed by atoms with Crippen LogP contribution in [0.3, 0.4) is 0 Å². The molecule has 1 fully saturated rings. The highest BCUT2D eigenvalue weighted by Gasteiger charge is 2.23. The van der Waals surface area contributed by atoms with Crippen LogP contribution in [0.25, 0.3) is 11.5 Å². The molecule has 2 N–H and O–H groups in total. The number of aromatic nitrogens is 3. The Hall–Kier alpha value is -2.70. The van der Waals surface area contributed by atoms with Crippen LogP contribution in [0.4, 0.5) is 0 Å². The largest absolute Gasteiger partial charge is 0.501 e. The summed E-state index contributed by atoms with van der Waals surface area (Å²) in [6, 6.07) is 5.10. The highest BCUT2D eigenvalue weighted by atomic mass is 16.5. The molecule has 2 aromatic rings. The monoisotopic (exact) mass is 329 g/mol. The maximum atomic E-state index is 12.2. The van der Waals surface area contributed by atoms with E-state index in [2.05, 4.69) is 15.0 Å². The van der Waals surface area contributed by atoms with Crippen molar-refractivity contribution in [3.8, 4) is 23.1 Å². The fraction of sp³-hybridized carbons (Fsp3) is 0.412. The summed E-state index contributed by atoms with van der Waals surface area (Å²) in [5.41, 5.74) is 0.0353. The van der Waals surface area contributed by atoms with Crippen LogP contribution in [0.1, 0.15) is 42.6 Å². The molecule has 1 aliphatic rings. The smallest absolute Gasteiger partial charge is 0.361 e. The topological polar surface area (TPSA) is 105 Å². The molecule has 0 atom stereocenters. The molecule has 0 saturated heterocycles. The summed E-state index contributed by atoms with van der Waals surface area (Å²) < 4.78 is 5.27. The second-order valence-corrected chi connectivity index (χ2v) is 5.89. The van der Waals surface area contributed by atoms with E-state index < -0.39 is 17.6 Å². The van der Waals surface area contributed by atoms with Gasteiger partial charge < -0.3 is 14.9 Å². The molecule has 1 saturated carbocycles. The van der Waals surface area contributed by atoms with Crippen molar-refractivity contribution >= 4 is 5.97 Å². The molecule has 126 valence electrons. The standard InChI is InChI=1S/C17H19N3O4/c21-14-13(17(23)24-10-11-6-2-1-3-7-11)19-15(20-16(14)22)12-8-4-5-9-18-12/h4-5,8-9,11,21H,1-3,6-7,10H2,(H,19,20,22). The number of hydrogen-bond acceptors (Lipinski definition) is 7. The van der Waals surface area contributed by atoms with Crippen molar-refractivity contribution in [1.29, 1.82) is 0 Å². The van der Waals surface area contributed by atoms with Gasteiger partial charge in [0.2, 0.25) is 5.75 Å². The van der Waals surface area contributed by atoms with Gasteiger partial charge in [-0.05, 0) is 30.9 Å². The van der Waals surface area contributed by atoms with Gasteiger partial charge in [0, 0.05) is 6.20 Å². The molecule has 2 heterocycles. The minimum atomic E-state index is -0.770. The van der Waals surface area contributed by atoms with E-state index in [0.717, 1.165) is 25.7 Å². The maximum Gasteiger partial charge on any atom is 0.361 e. The number of rotatable bonds is 4. The van der Waals surface area contributed by atoms with E-state index in [9.17, 15) is 15.0 Å². The number of aromatic hydroxyl groups is 2. The third kappa shape index (κ3) is 3.61. The van der Waals surface area contributed by atoms with Crippen LogP contribution in [-0.4, -0.2) is 37.7 Å². The Labute approximate surface area is 139 Å². The van der Waals surface area contributed by atoms with Crippen molar-refractivity contribution in [3.63, 3.8) is 0 Å². The van der Waals surface area contributed by atoms with E-state index in [-0.39, 0.29) is 11.5 Å². The van der Waals surface area contributed by atoms with Crippen molar-refractivity contribution < 1.29 is 19.7 Å². The molecule has 0 radical (unpaired) electrons. The first-order chi connectivity index (χ1) is 11.6. The SMILES string of the molecule is O=C(OCC1CCCCC1)c1nc(-c2ccccn2)nc(O)c1O. The maximum absolute atomic E-state index is 12.2. The lowest BCUT2D eigenvalue weighted by Gasteiger charge is -2.21. The molecule has 3 rings (SSSR count). The van der Waals surface area contributed by atoms with E-state index in [1.807, 2.05) is 0 Å². The third-order valence-electron chi connectivity index (χ3n) is 4.13. The van der Waals surface area contributed by atoms with Crippen molar-refractivity contribution in [2.24, 2.45) is 5.92 Å². The van der Waals surface area contributed by atoms with Crippen LogP contribution in [0, 0.1) is 5.92 Å². The minimum Gasteiger partial charge on any atom is -0.501 e. The molecule has 1 aliphatic carbocycles. The number of nitrogens with zero attached hydrogens (tertiary/aromatic N) is 3. The van der Waals surface area contributed by atoms with E-state index in [1.165, 1.54) is 6.42 Å². The van der Waals surface area contributed by atoms with Crippen LogP contribution < -0.4 is 0 Å². The summed E-state index contributed by atoms with van der Waals surface area (Å²) >= 11 is 0. The van der Waals surface area contributed by atoms with Gasteiger partial charge in [-0.15, -0.1) is 0 Å². The van der Waals surface area contributed by atoms with Gasteiger partial charge in [0.25, 0.3) is 5.88 Å². The summed E-state index contributed by atoms with van der Waals surface area (Å²) in [5.74, 6) is -1.72. The van der Waals surface area contributed by atoms with Crippen LogP contribution in [0.2, 0.25) is 0 Å². The minimum absolute atomic E-state index is 0.0514. The predicted octanol–water partition coefficient (Wildman–Crippen LogP) is 2.69. The van der Waals surface area contributed by atoms with Crippen molar-refractivity contribution in [2.75, 3.05) is 6.61 Å². The van der Waals surface area contributed by atoms with Gasteiger partial charge in [-0.1, -0.05) is 25.3 Å². The van der Waals surface area contributed by atoms with Gasteiger partial charge in [-0.25, -0.2) is 9.78 Å². The zero-order valence-corrected chi connectivity index (χ0v) is 13.2. The normalized spacial score (nSPS) is 15.2. The second kappa shape index (κ2) is 7.25. The number of carbonyl (C=O) groups is 1. The lowest BCUT2D eigenvalue weighted by Crippen LogP contribution is -2.18. The first kappa shape index (κ1) is 16.2. The number of ether oxygens (including phenoxy) is 1. The van der Waals surface area contributed by atoms with E-state index in [0.29, 0.717) is 18.2 Å². The average molecular weight is 329 g/mol. The van der Waals surface area contributed by atoms with Crippen LogP contribution in [-0.2, 0) is 4.74 Å². The molecule has 0 aromatic carbocycles. The Morgan fingerprint density at radius 2 is 1.96 bits per heavy atom. The molecule has 0 amide bonds. The first-order valence-corrected chi connectivity index (χ1v) is 8.03. The highest BCUT2D eigenvalue weighted by molar-refractivity contribution is 5.91. The van der Waals surface area contributed by atoms with Crippen LogP contribution in [0.15, 0.2) is 24.4 Å². The Balaban J connectivity index is 1.78. The molecular formula is C17H19N3O4. The average Bonchev–Trinajstić information content (AvgIpc) is 2.63.